The number of carbonyl (C=O) groups excluding carboxylic acids is 2. The van der Waals surface area contributed by atoms with Gasteiger partial charge in [-0.3, -0.25) is 19.8 Å². The monoisotopic (exact) mass is 336 g/mol. The molecule has 120 valence electrons. The summed E-state index contributed by atoms with van der Waals surface area (Å²) >= 11 is 4.93. The third-order valence-corrected chi connectivity index (χ3v) is 3.40. The van der Waals surface area contributed by atoms with E-state index >= 15 is 0 Å². The maximum absolute atomic E-state index is 13.6. The van der Waals surface area contributed by atoms with Crippen LogP contribution in [-0.2, 0) is 9.59 Å². The predicted octanol–water partition coefficient (Wildman–Crippen LogP) is 1.35. The number of aromatic hydroxyl groups is 1. The molecule has 2 rings (SSSR count). The van der Waals surface area contributed by atoms with Crippen molar-refractivity contribution in [2.24, 2.45) is 0 Å². The summed E-state index contributed by atoms with van der Waals surface area (Å²) in [7, 11) is 1.26. The standard InChI is InChI=1S/C15H13FN2O4S/c1-3-4-18-14(21)9(13(20)17-15(18)23)5-8-6-10(16)12(19)11(7-8)22-2/h3,5-7,19H,1,4H2,2H3,(H,17,20,23). The molecule has 6 nitrogen and oxygen atoms in total. The number of amides is 2. The third kappa shape index (κ3) is 3.21. The molecule has 2 N–H and O–H groups in total. The number of nitrogens with one attached hydrogen (secondary N) is 1. The van der Waals surface area contributed by atoms with Crippen molar-refractivity contribution < 1.29 is 23.8 Å². The lowest BCUT2D eigenvalue weighted by Gasteiger charge is -2.27. The molecule has 0 unspecified atom stereocenters. The van der Waals surface area contributed by atoms with Gasteiger partial charge in [0.15, 0.2) is 22.4 Å². The van der Waals surface area contributed by atoms with E-state index < -0.39 is 23.4 Å². The van der Waals surface area contributed by atoms with Gasteiger partial charge in [0.1, 0.15) is 5.57 Å². The van der Waals surface area contributed by atoms with Gasteiger partial charge in [0, 0.05) is 6.54 Å². The lowest BCUT2D eigenvalue weighted by Crippen LogP contribution is -2.53. The van der Waals surface area contributed by atoms with Gasteiger partial charge >= 0.3 is 0 Å². The maximum atomic E-state index is 13.6. The summed E-state index contributed by atoms with van der Waals surface area (Å²) in [5.41, 5.74) is -0.0328. The molecular formula is C15H13FN2O4S. The quantitative estimate of drug-likeness (QED) is 0.376. The number of hydrogen-bond acceptors (Lipinski definition) is 5. The zero-order chi connectivity index (χ0) is 17.1. The minimum absolute atomic E-state index is 0.0217. The second-order valence-corrected chi connectivity index (χ2v) is 4.96. The molecule has 0 aliphatic carbocycles. The molecule has 23 heavy (non-hydrogen) atoms. The van der Waals surface area contributed by atoms with Gasteiger partial charge in [0.25, 0.3) is 11.8 Å². The van der Waals surface area contributed by atoms with Crippen molar-refractivity contribution in [2.45, 2.75) is 0 Å². The van der Waals surface area contributed by atoms with E-state index in [1.165, 1.54) is 25.3 Å². The van der Waals surface area contributed by atoms with Crippen LogP contribution < -0.4 is 10.1 Å². The number of thiocarbonyl (C=S) groups is 1. The molecule has 1 aliphatic heterocycles. The van der Waals surface area contributed by atoms with Gasteiger partial charge in [-0.15, -0.1) is 6.58 Å². The molecule has 1 fully saturated rings. The van der Waals surface area contributed by atoms with Crippen LogP contribution in [0, 0.1) is 5.82 Å². The summed E-state index contributed by atoms with van der Waals surface area (Å²) in [6.07, 6.45) is 2.66. The lowest BCUT2D eigenvalue weighted by atomic mass is 10.1. The van der Waals surface area contributed by atoms with Gasteiger partial charge in [-0.1, -0.05) is 6.08 Å². The maximum Gasteiger partial charge on any atom is 0.265 e. The fraction of sp³-hybridized carbons (Fsp3) is 0.133. The second-order valence-electron chi connectivity index (χ2n) is 4.58. The summed E-state index contributed by atoms with van der Waals surface area (Å²) in [5, 5.41) is 11.8. The molecule has 1 aliphatic rings. The number of hydrogen-bond donors (Lipinski definition) is 2. The lowest BCUT2D eigenvalue weighted by molar-refractivity contribution is -0.128. The van der Waals surface area contributed by atoms with E-state index in [2.05, 4.69) is 11.9 Å². The third-order valence-electron chi connectivity index (χ3n) is 3.08. The van der Waals surface area contributed by atoms with Crippen LogP contribution >= 0.6 is 12.2 Å². The van der Waals surface area contributed by atoms with Gasteiger partial charge in [0.05, 0.1) is 7.11 Å². The molecular weight excluding hydrogens is 323 g/mol. The Morgan fingerprint density at radius 3 is 2.78 bits per heavy atom. The number of ether oxygens (including phenoxy) is 1. The Kier molecular flexibility index (Phi) is 4.75. The summed E-state index contributed by atoms with van der Waals surface area (Å²) in [6, 6.07) is 2.28. The molecule has 1 heterocycles. The molecule has 0 spiro atoms. The van der Waals surface area contributed by atoms with E-state index in [-0.39, 0.29) is 28.5 Å². The first-order valence-electron chi connectivity index (χ1n) is 6.45. The van der Waals surface area contributed by atoms with Gasteiger partial charge < -0.3 is 9.84 Å². The molecule has 1 aromatic rings. The average Bonchev–Trinajstić information content (AvgIpc) is 2.51. The number of methoxy groups -OCH3 is 1. The van der Waals surface area contributed by atoms with E-state index in [4.69, 9.17) is 17.0 Å². The number of halogens is 1. The highest BCUT2D eigenvalue weighted by Crippen LogP contribution is 2.31. The van der Waals surface area contributed by atoms with E-state index in [0.717, 1.165) is 11.0 Å². The number of carbonyl (C=O) groups is 2. The Labute approximate surface area is 136 Å². The van der Waals surface area contributed by atoms with Crippen LogP contribution in [0.5, 0.6) is 11.5 Å². The molecule has 0 radical (unpaired) electrons. The molecule has 0 aromatic heterocycles. The van der Waals surface area contributed by atoms with Gasteiger partial charge in [-0.25, -0.2) is 4.39 Å². The Morgan fingerprint density at radius 2 is 2.17 bits per heavy atom. The first-order chi connectivity index (χ1) is 10.9. The SMILES string of the molecule is C=CCN1C(=O)C(=Cc2cc(F)c(O)c(OC)c2)C(=O)NC1=S. The Balaban J connectivity index is 2.46. The molecule has 8 heteroatoms. The molecule has 1 saturated heterocycles. The normalized spacial score (nSPS) is 16.5. The fourth-order valence-electron chi connectivity index (χ4n) is 1.99. The van der Waals surface area contributed by atoms with Crippen LogP contribution in [0.4, 0.5) is 4.39 Å². The van der Waals surface area contributed by atoms with Crippen LogP contribution in [0.15, 0.2) is 30.4 Å². The van der Waals surface area contributed by atoms with Crippen molar-refractivity contribution in [1.82, 2.24) is 10.2 Å². The smallest absolute Gasteiger partial charge is 0.265 e. The average molecular weight is 336 g/mol. The predicted molar refractivity (Wildman–Crippen MR) is 85.2 cm³/mol. The first kappa shape index (κ1) is 16.6. The highest BCUT2D eigenvalue weighted by Gasteiger charge is 2.32. The number of rotatable bonds is 4. The number of benzene rings is 1. The van der Waals surface area contributed by atoms with Crippen LogP contribution in [-0.4, -0.2) is 40.6 Å². The summed E-state index contributed by atoms with van der Waals surface area (Å²) < 4.78 is 18.5. The summed E-state index contributed by atoms with van der Waals surface area (Å²) in [4.78, 5) is 25.5. The van der Waals surface area contributed by atoms with Crippen molar-refractivity contribution in [1.29, 1.82) is 0 Å². The van der Waals surface area contributed by atoms with E-state index in [9.17, 15) is 19.1 Å². The van der Waals surface area contributed by atoms with Crippen LogP contribution in [0.3, 0.4) is 0 Å². The number of phenols is 1. The second kappa shape index (κ2) is 6.57. The zero-order valence-electron chi connectivity index (χ0n) is 12.1. The minimum atomic E-state index is -0.932. The van der Waals surface area contributed by atoms with Crippen molar-refractivity contribution in [3.8, 4) is 11.5 Å². The zero-order valence-corrected chi connectivity index (χ0v) is 12.9. The Morgan fingerprint density at radius 1 is 1.48 bits per heavy atom. The molecule has 1 aromatic carbocycles. The van der Waals surface area contributed by atoms with Crippen molar-refractivity contribution in [3.63, 3.8) is 0 Å². The molecule has 0 atom stereocenters. The summed E-state index contributed by atoms with van der Waals surface area (Å²) in [5.74, 6) is -3.00. The highest BCUT2D eigenvalue weighted by molar-refractivity contribution is 7.80. The topological polar surface area (TPSA) is 78.9 Å². The summed E-state index contributed by atoms with van der Waals surface area (Å²) in [6.45, 7) is 3.64. The molecule has 0 bridgehead atoms. The van der Waals surface area contributed by atoms with Crippen molar-refractivity contribution in [2.75, 3.05) is 13.7 Å². The minimum Gasteiger partial charge on any atom is -0.502 e. The van der Waals surface area contributed by atoms with Crippen LogP contribution in [0.1, 0.15) is 5.56 Å². The Hall–Kier alpha value is -2.74. The van der Waals surface area contributed by atoms with E-state index in [1.54, 1.807) is 0 Å². The number of phenolic OH excluding ortho intramolecular Hbond substituents is 1. The van der Waals surface area contributed by atoms with Crippen molar-refractivity contribution in [3.05, 3.63) is 41.7 Å². The van der Waals surface area contributed by atoms with E-state index in [0.29, 0.717) is 0 Å². The molecule has 0 saturated carbocycles. The highest BCUT2D eigenvalue weighted by atomic mass is 32.1. The van der Waals surface area contributed by atoms with E-state index in [1.807, 2.05) is 0 Å². The molecule has 2 amide bonds. The van der Waals surface area contributed by atoms with Crippen LogP contribution in [0.2, 0.25) is 0 Å². The van der Waals surface area contributed by atoms with Crippen LogP contribution in [0.25, 0.3) is 6.08 Å². The first-order valence-corrected chi connectivity index (χ1v) is 6.86. The number of nitrogens with zero attached hydrogens (tertiary/aromatic N) is 1. The van der Waals surface area contributed by atoms with Gasteiger partial charge in [0.2, 0.25) is 0 Å². The van der Waals surface area contributed by atoms with Gasteiger partial charge in [-0.2, -0.15) is 0 Å². The van der Waals surface area contributed by atoms with Gasteiger partial charge in [-0.05, 0) is 36.0 Å². The Bertz CT molecular complexity index is 745. The fourth-order valence-corrected chi connectivity index (χ4v) is 2.24. The largest absolute Gasteiger partial charge is 0.502 e. The van der Waals surface area contributed by atoms with Crippen molar-refractivity contribution >= 4 is 35.2 Å².